The van der Waals surface area contributed by atoms with Crippen molar-refractivity contribution in [3.05, 3.63) is 80.7 Å². The minimum absolute atomic E-state index is 0.197. The number of carbonyl (C=O) groups excluding carboxylic acids is 1. The number of rotatable bonds is 6. The van der Waals surface area contributed by atoms with Crippen LogP contribution in [-0.4, -0.2) is 22.4 Å². The summed E-state index contributed by atoms with van der Waals surface area (Å²) in [6.45, 7) is 0. The second-order valence-electron chi connectivity index (χ2n) is 6.06. The first-order valence-electron chi connectivity index (χ1n) is 8.47. The molecule has 0 atom stereocenters. The zero-order valence-electron chi connectivity index (χ0n) is 15.0. The molecule has 148 valence electrons. The van der Waals surface area contributed by atoms with E-state index in [2.05, 4.69) is 42.3 Å². The monoisotopic (exact) mass is 518 g/mol. The van der Waals surface area contributed by atoms with Crippen molar-refractivity contribution in [1.29, 1.82) is 0 Å². The van der Waals surface area contributed by atoms with Crippen molar-refractivity contribution in [1.82, 2.24) is 0 Å². The van der Waals surface area contributed by atoms with Gasteiger partial charge in [-0.05, 0) is 67.8 Å². The molecule has 0 unspecified atom stereocenters. The Bertz CT molecular complexity index is 1030. The van der Waals surface area contributed by atoms with Gasteiger partial charge in [0.2, 0.25) is 0 Å². The summed E-state index contributed by atoms with van der Waals surface area (Å²) in [7, 11) is 0. The predicted molar refractivity (Wildman–Crippen MR) is 118 cm³/mol. The molecular weight excluding hydrogens is 504 g/mol. The van der Waals surface area contributed by atoms with Crippen LogP contribution in [0.1, 0.15) is 11.1 Å². The van der Waals surface area contributed by atoms with Gasteiger partial charge in [0.05, 0.1) is 8.95 Å². The number of carbonyl (C=O) groups is 1. The molecule has 0 heterocycles. The van der Waals surface area contributed by atoms with Crippen LogP contribution in [-0.2, 0) is 11.2 Å². The van der Waals surface area contributed by atoms with Gasteiger partial charge < -0.3 is 20.4 Å². The minimum Gasteiger partial charge on any atom is -0.508 e. The van der Waals surface area contributed by atoms with Crippen LogP contribution < -0.4 is 10.1 Å². The Morgan fingerprint density at radius 1 is 1.07 bits per heavy atom. The van der Waals surface area contributed by atoms with Gasteiger partial charge in [0.15, 0.2) is 5.75 Å². The molecule has 0 aliphatic rings. The van der Waals surface area contributed by atoms with Crippen molar-refractivity contribution in [3.8, 4) is 17.2 Å². The van der Waals surface area contributed by atoms with Gasteiger partial charge in [-0.15, -0.1) is 0 Å². The highest BCUT2D eigenvalue weighted by Crippen LogP contribution is 2.40. The molecule has 0 aliphatic heterocycles. The summed E-state index contributed by atoms with van der Waals surface area (Å²) in [6.07, 6.45) is 1.33. The van der Waals surface area contributed by atoms with Gasteiger partial charge in [0, 0.05) is 17.7 Å². The number of ether oxygens (including phenoxy) is 1. The molecule has 0 bridgehead atoms. The minimum atomic E-state index is -0.566. The molecule has 6 nitrogen and oxygen atoms in total. The Morgan fingerprint density at radius 3 is 2.41 bits per heavy atom. The smallest absolute Gasteiger partial charge is 0.270 e. The zero-order valence-corrected chi connectivity index (χ0v) is 18.1. The van der Waals surface area contributed by atoms with Crippen LogP contribution in [0.4, 0.5) is 5.69 Å². The fourth-order valence-corrected chi connectivity index (χ4v) is 4.01. The van der Waals surface area contributed by atoms with Crippen LogP contribution in [0.3, 0.4) is 0 Å². The molecule has 0 spiro atoms. The first-order chi connectivity index (χ1) is 14.0. The predicted octanol–water partition coefficient (Wildman–Crippen LogP) is 5.70. The van der Waals surface area contributed by atoms with E-state index >= 15 is 0 Å². The number of halogens is 2. The second kappa shape index (κ2) is 9.58. The molecule has 0 fully saturated rings. The number of aromatic hydroxyl groups is 1. The Morgan fingerprint density at radius 2 is 1.76 bits per heavy atom. The lowest BCUT2D eigenvalue weighted by Gasteiger charge is -2.14. The summed E-state index contributed by atoms with van der Waals surface area (Å²) in [4.78, 5) is 11.5. The van der Waals surface area contributed by atoms with E-state index in [1.165, 1.54) is 0 Å². The number of amides is 1. The highest BCUT2D eigenvalue weighted by molar-refractivity contribution is 9.11. The van der Waals surface area contributed by atoms with Gasteiger partial charge in [-0.2, -0.15) is 0 Å². The molecule has 0 saturated heterocycles. The van der Waals surface area contributed by atoms with E-state index in [1.807, 2.05) is 30.3 Å². The number of benzene rings is 3. The summed E-state index contributed by atoms with van der Waals surface area (Å²) >= 11 is 6.86. The van der Waals surface area contributed by atoms with Crippen LogP contribution in [0.15, 0.2) is 74.8 Å². The Balaban J connectivity index is 1.82. The standard InChI is InChI=1S/C21H16Br2N2O4/c22-17-10-15(25-20(27)12-24-28)11-18(23)21(17)29-16-6-7-19(26)14(9-16)8-13-4-2-1-3-5-13/h1-7,9-12,26,28H,8H2,(H,25,27)/b24-12+. The van der Waals surface area contributed by atoms with Crippen molar-refractivity contribution in [3.63, 3.8) is 0 Å². The molecule has 0 aliphatic carbocycles. The first-order valence-corrected chi connectivity index (χ1v) is 10.1. The van der Waals surface area contributed by atoms with Gasteiger partial charge in [0.1, 0.15) is 17.7 Å². The van der Waals surface area contributed by atoms with Crippen LogP contribution in [0, 0.1) is 0 Å². The third-order valence-corrected chi connectivity index (χ3v) is 5.13. The number of phenolic OH excluding ortho intramolecular Hbond substituents is 1. The maximum Gasteiger partial charge on any atom is 0.270 e. The number of hydrogen-bond acceptors (Lipinski definition) is 5. The summed E-state index contributed by atoms with van der Waals surface area (Å²) in [5, 5.41) is 23.9. The third-order valence-electron chi connectivity index (χ3n) is 3.95. The molecule has 0 radical (unpaired) electrons. The Hall–Kier alpha value is -2.84. The first kappa shape index (κ1) is 20.9. The fraction of sp³-hybridized carbons (Fsp3) is 0.0476. The normalized spacial score (nSPS) is 10.8. The lowest BCUT2D eigenvalue weighted by Crippen LogP contribution is -2.12. The Kier molecular flexibility index (Phi) is 6.90. The lowest BCUT2D eigenvalue weighted by atomic mass is 10.0. The van der Waals surface area contributed by atoms with Gasteiger partial charge in [-0.1, -0.05) is 35.5 Å². The molecule has 8 heteroatoms. The molecule has 3 aromatic rings. The maximum absolute atomic E-state index is 11.5. The molecule has 0 aromatic heterocycles. The van der Waals surface area contributed by atoms with Crippen LogP contribution in [0.2, 0.25) is 0 Å². The third kappa shape index (κ3) is 5.58. The largest absolute Gasteiger partial charge is 0.508 e. The number of nitrogens with zero attached hydrogens (tertiary/aromatic N) is 1. The number of anilines is 1. The quantitative estimate of drug-likeness (QED) is 0.221. The van der Waals surface area contributed by atoms with Crippen molar-refractivity contribution >= 4 is 49.7 Å². The molecule has 3 aromatic carbocycles. The van der Waals surface area contributed by atoms with Gasteiger partial charge in [-0.25, -0.2) is 0 Å². The number of oxime groups is 1. The van der Waals surface area contributed by atoms with E-state index in [4.69, 9.17) is 9.94 Å². The van der Waals surface area contributed by atoms with Crippen molar-refractivity contribution in [2.45, 2.75) is 6.42 Å². The zero-order chi connectivity index (χ0) is 20.8. The summed E-state index contributed by atoms with van der Waals surface area (Å²) < 4.78 is 7.19. The van der Waals surface area contributed by atoms with Crippen molar-refractivity contribution in [2.24, 2.45) is 5.16 Å². The fourth-order valence-electron chi connectivity index (χ4n) is 2.66. The van der Waals surface area contributed by atoms with E-state index < -0.39 is 5.91 Å². The highest BCUT2D eigenvalue weighted by Gasteiger charge is 2.13. The molecule has 3 N–H and O–H groups in total. The van der Waals surface area contributed by atoms with Crippen LogP contribution in [0.25, 0.3) is 0 Å². The average molecular weight is 520 g/mol. The SMILES string of the molecule is O=C(/C=N/O)Nc1cc(Br)c(Oc2ccc(O)c(Cc3ccccc3)c2)c(Br)c1. The lowest BCUT2D eigenvalue weighted by molar-refractivity contribution is -0.110. The molecule has 0 saturated carbocycles. The van der Waals surface area contributed by atoms with E-state index in [-0.39, 0.29) is 5.75 Å². The van der Waals surface area contributed by atoms with E-state index in [0.29, 0.717) is 32.6 Å². The topological polar surface area (TPSA) is 91.2 Å². The van der Waals surface area contributed by atoms with Crippen LogP contribution >= 0.6 is 31.9 Å². The number of nitrogens with one attached hydrogen (secondary N) is 1. The van der Waals surface area contributed by atoms with Crippen molar-refractivity contribution < 1.29 is 19.8 Å². The average Bonchev–Trinajstić information content (AvgIpc) is 2.68. The van der Waals surface area contributed by atoms with Crippen LogP contribution in [0.5, 0.6) is 17.2 Å². The molecule has 1 amide bonds. The molecular formula is C21H16Br2N2O4. The summed E-state index contributed by atoms with van der Waals surface area (Å²) in [6, 6.07) is 18.2. The van der Waals surface area contributed by atoms with E-state index in [9.17, 15) is 9.90 Å². The molecule has 3 rings (SSSR count). The second-order valence-corrected chi connectivity index (χ2v) is 7.77. The van der Waals surface area contributed by atoms with E-state index in [0.717, 1.165) is 17.3 Å². The van der Waals surface area contributed by atoms with E-state index in [1.54, 1.807) is 30.3 Å². The van der Waals surface area contributed by atoms with Gasteiger partial charge in [0.25, 0.3) is 5.91 Å². The highest BCUT2D eigenvalue weighted by atomic mass is 79.9. The maximum atomic E-state index is 11.5. The number of phenols is 1. The van der Waals surface area contributed by atoms with Gasteiger partial charge in [-0.3, -0.25) is 4.79 Å². The Labute approximate surface area is 184 Å². The summed E-state index contributed by atoms with van der Waals surface area (Å²) in [5.74, 6) is 0.696. The number of hydrogen-bond donors (Lipinski definition) is 3. The van der Waals surface area contributed by atoms with Crippen molar-refractivity contribution in [2.75, 3.05) is 5.32 Å². The summed E-state index contributed by atoms with van der Waals surface area (Å²) in [5.41, 5.74) is 2.30. The van der Waals surface area contributed by atoms with Gasteiger partial charge >= 0.3 is 0 Å². The molecule has 29 heavy (non-hydrogen) atoms.